The highest BCUT2D eigenvalue weighted by atomic mass is 15.1. The third-order valence-electron chi connectivity index (χ3n) is 12.6. The van der Waals surface area contributed by atoms with Crippen molar-refractivity contribution in [3.8, 4) is 22.3 Å². The first kappa shape index (κ1) is 37.3. The molecule has 0 saturated heterocycles. The molecule has 0 spiro atoms. The van der Waals surface area contributed by atoms with Crippen LogP contribution in [0.5, 0.6) is 0 Å². The fraction of sp³-hybridized carbons (Fsp3) is 0.143. The Morgan fingerprint density at radius 3 is 1.72 bits per heavy atom. The molecular formula is C63H59N. The van der Waals surface area contributed by atoms with Crippen LogP contribution in [0.4, 0.5) is 17.1 Å². The quantitative estimate of drug-likeness (QED) is 0.0546. The molecule has 0 N–H and O–H groups in total. The Kier molecular flexibility index (Phi) is 11.6. The van der Waals surface area contributed by atoms with Crippen LogP contribution >= 0.6 is 0 Å². The van der Waals surface area contributed by atoms with Crippen molar-refractivity contribution in [2.24, 2.45) is 0 Å². The first-order valence-corrected chi connectivity index (χ1v) is 22.3. The molecule has 0 amide bonds. The highest BCUT2D eigenvalue weighted by Gasteiger charge is 2.46. The second-order valence-electron chi connectivity index (χ2n) is 16.6. The van der Waals surface area contributed by atoms with E-state index in [2.05, 4.69) is 124 Å². The largest absolute Gasteiger partial charge is 0.310 e. The molecule has 1 nitrogen and oxygen atoms in total. The average Bonchev–Trinajstić information content (AvgIpc) is 3.68. The third kappa shape index (κ3) is 8.72. The molecule has 0 atom stereocenters. The summed E-state index contributed by atoms with van der Waals surface area (Å²) in [5.74, 6) is 0. The van der Waals surface area contributed by atoms with Gasteiger partial charge in [-0.1, -0.05) is 182 Å². The molecule has 1 heteroatoms. The van der Waals surface area contributed by atoms with Crippen LogP contribution < -0.4 is 4.90 Å². The van der Waals surface area contributed by atoms with E-state index in [1.165, 1.54) is 0 Å². The van der Waals surface area contributed by atoms with E-state index in [0.717, 1.165) is 98.9 Å². The number of rotatable bonds is 20. The molecular weight excluding hydrogens is 771 g/mol. The lowest BCUT2D eigenvalue weighted by Crippen LogP contribution is -2.28. The summed E-state index contributed by atoms with van der Waals surface area (Å²) in [6, 6.07) is 46.9. The van der Waals surface area contributed by atoms with Crippen LogP contribution in [0.25, 0.3) is 27.8 Å². The smallest absolute Gasteiger partial charge is 0.0714 e. The first-order chi connectivity index (χ1) is 33.5. The van der Waals surface area contributed by atoms with Crippen molar-refractivity contribution in [1.29, 1.82) is 0 Å². The molecule has 1 aliphatic carbocycles. The molecule has 316 valence electrons. The Morgan fingerprint density at radius 2 is 1.06 bits per heavy atom. The maximum atomic E-state index is 9.86. The molecule has 0 saturated carbocycles. The van der Waals surface area contributed by atoms with Gasteiger partial charge in [0, 0.05) is 17.1 Å². The SMILES string of the molecule is [2H]c1cc(CCC=C)c(CCC=C)cc1-c1c([2H])c([2H])c(N(c2ccc(C(=C)CCC(=C)C(=C)CCC=C)cc2)c2ccc3c(c2)C(c2ccccc2)(c2ccccc2)c2ccccc2-3)c([2H])c1[2H]. The van der Waals surface area contributed by atoms with Gasteiger partial charge in [0.25, 0.3) is 0 Å². The normalized spacial score (nSPS) is 13.2. The van der Waals surface area contributed by atoms with Crippen LogP contribution in [-0.2, 0) is 18.3 Å². The standard InChI is InChI=1S/C63H59N/c1-7-10-21-46(4)47(5)30-31-48(6)49-34-38-56(39-35-49)64(57-40-36-51(37-41-57)53-33-32-50(22-11-8-2)52(44-53)23-12-9-3)58-42-43-60-59-28-19-20-29-61(59)63(62(60)45-58,54-24-15-13-16-25-54)55-26-17-14-18-27-55/h7-9,13-20,24-29,32-45H,1-6,10-12,21-23,30-31H2/i33D,36D,37D,40D,41D. The minimum atomic E-state index is -0.719. The molecule has 0 aromatic heterocycles. The van der Waals surface area contributed by atoms with Gasteiger partial charge < -0.3 is 4.90 Å². The van der Waals surface area contributed by atoms with Gasteiger partial charge in [-0.15, -0.1) is 19.7 Å². The van der Waals surface area contributed by atoms with Gasteiger partial charge in [-0.2, -0.15) is 0 Å². The van der Waals surface area contributed by atoms with Crippen LogP contribution in [0, 0.1) is 0 Å². The van der Waals surface area contributed by atoms with Gasteiger partial charge in [0.1, 0.15) is 0 Å². The Hall–Kier alpha value is -7.22. The van der Waals surface area contributed by atoms with Gasteiger partial charge in [-0.25, -0.2) is 0 Å². The second-order valence-corrected chi connectivity index (χ2v) is 16.6. The number of aryl methyl sites for hydroxylation is 2. The average molecular weight is 835 g/mol. The molecule has 64 heavy (non-hydrogen) atoms. The lowest BCUT2D eigenvalue weighted by molar-refractivity contribution is 0.768. The lowest BCUT2D eigenvalue weighted by atomic mass is 9.67. The van der Waals surface area contributed by atoms with Crippen molar-refractivity contribution in [2.45, 2.75) is 56.8 Å². The van der Waals surface area contributed by atoms with E-state index in [1.807, 2.05) is 77.7 Å². The van der Waals surface area contributed by atoms with Gasteiger partial charge in [-0.3, -0.25) is 0 Å². The maximum Gasteiger partial charge on any atom is 0.0714 e. The Balaban J connectivity index is 1.32. The van der Waals surface area contributed by atoms with Crippen molar-refractivity contribution in [1.82, 2.24) is 0 Å². The predicted octanol–water partition coefficient (Wildman–Crippen LogP) is 17.3. The number of benzene rings is 7. The van der Waals surface area contributed by atoms with Crippen molar-refractivity contribution in [3.63, 3.8) is 0 Å². The summed E-state index contributed by atoms with van der Waals surface area (Å²) >= 11 is 0. The molecule has 0 unspecified atom stereocenters. The summed E-state index contributed by atoms with van der Waals surface area (Å²) < 4.78 is 48.3. The highest BCUT2D eigenvalue weighted by molar-refractivity contribution is 5.90. The predicted molar refractivity (Wildman–Crippen MR) is 277 cm³/mol. The van der Waals surface area contributed by atoms with E-state index in [4.69, 9.17) is 0 Å². The van der Waals surface area contributed by atoms with Crippen molar-refractivity contribution < 1.29 is 6.85 Å². The van der Waals surface area contributed by atoms with E-state index in [9.17, 15) is 6.85 Å². The van der Waals surface area contributed by atoms with Crippen LogP contribution in [0.3, 0.4) is 0 Å². The van der Waals surface area contributed by atoms with Gasteiger partial charge >= 0.3 is 0 Å². The fourth-order valence-electron chi connectivity index (χ4n) is 9.14. The van der Waals surface area contributed by atoms with Gasteiger partial charge in [0.15, 0.2) is 0 Å². The summed E-state index contributed by atoms with van der Waals surface area (Å²) in [6.07, 6.45) is 11.6. The zero-order valence-corrected chi connectivity index (χ0v) is 36.9. The Morgan fingerprint density at radius 1 is 0.484 bits per heavy atom. The molecule has 0 bridgehead atoms. The van der Waals surface area contributed by atoms with Crippen LogP contribution in [0.1, 0.15) is 84.3 Å². The van der Waals surface area contributed by atoms with Crippen LogP contribution in [0.2, 0.25) is 0 Å². The number of hydrogen-bond acceptors (Lipinski definition) is 1. The van der Waals surface area contributed by atoms with E-state index in [0.29, 0.717) is 36.2 Å². The first-order valence-electron chi connectivity index (χ1n) is 24.8. The van der Waals surface area contributed by atoms with Gasteiger partial charge in [-0.05, 0) is 154 Å². The lowest BCUT2D eigenvalue weighted by Gasteiger charge is -2.35. The van der Waals surface area contributed by atoms with Crippen molar-refractivity contribution in [3.05, 3.63) is 278 Å². The molecule has 0 heterocycles. The minimum Gasteiger partial charge on any atom is -0.310 e. The number of fused-ring (bicyclic) bond motifs is 3. The number of hydrogen-bond donors (Lipinski definition) is 0. The van der Waals surface area contributed by atoms with Gasteiger partial charge in [0.05, 0.1) is 12.3 Å². The minimum absolute atomic E-state index is 0.103. The maximum absolute atomic E-state index is 9.86. The van der Waals surface area contributed by atoms with E-state index < -0.39 is 5.41 Å². The topological polar surface area (TPSA) is 3.24 Å². The molecule has 0 radical (unpaired) electrons. The van der Waals surface area contributed by atoms with E-state index in [-0.39, 0.29) is 41.5 Å². The molecule has 8 rings (SSSR count). The zero-order valence-electron chi connectivity index (χ0n) is 41.9. The van der Waals surface area contributed by atoms with Crippen molar-refractivity contribution >= 4 is 22.6 Å². The molecule has 0 fully saturated rings. The van der Waals surface area contributed by atoms with Crippen LogP contribution in [-0.4, -0.2) is 0 Å². The summed E-state index contributed by atoms with van der Waals surface area (Å²) in [7, 11) is 0. The summed E-state index contributed by atoms with van der Waals surface area (Å²) in [6.45, 7) is 24.6. The summed E-state index contributed by atoms with van der Waals surface area (Å²) in [5, 5.41) is 0. The number of nitrogens with zero attached hydrogens (tertiary/aromatic N) is 1. The summed E-state index contributed by atoms with van der Waals surface area (Å²) in [5.41, 5.74) is 13.7. The molecule has 1 aliphatic rings. The fourth-order valence-corrected chi connectivity index (χ4v) is 9.14. The van der Waals surface area contributed by atoms with Gasteiger partial charge in [0.2, 0.25) is 0 Å². The Labute approximate surface area is 389 Å². The number of anilines is 3. The highest BCUT2D eigenvalue weighted by Crippen LogP contribution is 2.57. The summed E-state index contributed by atoms with van der Waals surface area (Å²) in [4.78, 5) is 1.86. The Bertz CT molecular complexity index is 3040. The third-order valence-corrected chi connectivity index (χ3v) is 12.6. The van der Waals surface area contributed by atoms with E-state index in [1.54, 1.807) is 0 Å². The molecule has 0 aliphatic heterocycles. The molecule has 7 aromatic carbocycles. The monoisotopic (exact) mass is 834 g/mol. The molecule has 7 aromatic rings. The zero-order chi connectivity index (χ0) is 48.8. The van der Waals surface area contributed by atoms with Crippen molar-refractivity contribution in [2.75, 3.05) is 4.90 Å². The second kappa shape index (κ2) is 19.9. The van der Waals surface area contributed by atoms with Crippen LogP contribution in [0.15, 0.2) is 239 Å². The van der Waals surface area contributed by atoms with E-state index >= 15 is 0 Å². The number of allylic oxidation sites excluding steroid dienone is 6.